The summed E-state index contributed by atoms with van der Waals surface area (Å²) >= 11 is 0. The van der Waals surface area contributed by atoms with Crippen molar-refractivity contribution in [3.8, 4) is 5.75 Å². The van der Waals surface area contributed by atoms with Crippen molar-refractivity contribution < 1.29 is 14.3 Å². The molecular weight excluding hydrogens is 378 g/mol. The van der Waals surface area contributed by atoms with Crippen LogP contribution < -0.4 is 10.1 Å². The SMILES string of the molecule is COc1ccccc1CCNC(=O)C(C1CCCC1)N1CCN(C(=O)C(C)C)CC1. The summed E-state index contributed by atoms with van der Waals surface area (Å²) in [6, 6.07) is 7.88. The Bertz CT molecular complexity index is 707. The summed E-state index contributed by atoms with van der Waals surface area (Å²) in [6.45, 7) is 7.49. The van der Waals surface area contributed by atoms with E-state index in [0.717, 1.165) is 43.7 Å². The molecule has 1 saturated heterocycles. The maximum absolute atomic E-state index is 13.2. The molecule has 1 aromatic carbocycles. The van der Waals surface area contributed by atoms with Crippen LogP contribution in [0.3, 0.4) is 0 Å². The van der Waals surface area contributed by atoms with Gasteiger partial charge in [0.2, 0.25) is 11.8 Å². The molecule has 2 amide bonds. The molecule has 1 unspecified atom stereocenters. The number of benzene rings is 1. The number of amides is 2. The van der Waals surface area contributed by atoms with Gasteiger partial charge in [-0.25, -0.2) is 0 Å². The number of nitrogens with zero attached hydrogens (tertiary/aromatic N) is 2. The Kier molecular flexibility index (Phi) is 8.14. The fraction of sp³-hybridized carbons (Fsp3) is 0.667. The van der Waals surface area contributed by atoms with Crippen molar-refractivity contribution in [3.63, 3.8) is 0 Å². The minimum atomic E-state index is -0.0820. The van der Waals surface area contributed by atoms with E-state index < -0.39 is 0 Å². The van der Waals surface area contributed by atoms with Crippen LogP contribution in [0.1, 0.15) is 45.1 Å². The number of carbonyl (C=O) groups excluding carboxylic acids is 2. The second-order valence-corrected chi connectivity index (χ2v) is 8.86. The van der Waals surface area contributed by atoms with Gasteiger partial charge in [0.05, 0.1) is 13.2 Å². The summed E-state index contributed by atoms with van der Waals surface area (Å²) in [6.07, 6.45) is 5.41. The lowest BCUT2D eigenvalue weighted by molar-refractivity contribution is -0.138. The summed E-state index contributed by atoms with van der Waals surface area (Å²) in [7, 11) is 1.68. The van der Waals surface area contributed by atoms with Crippen LogP contribution in [-0.2, 0) is 16.0 Å². The molecular formula is C24H37N3O3. The predicted octanol–water partition coefficient (Wildman–Crippen LogP) is 2.71. The van der Waals surface area contributed by atoms with Gasteiger partial charge in [-0.1, -0.05) is 44.9 Å². The number of rotatable bonds is 8. The van der Waals surface area contributed by atoms with Crippen molar-refractivity contribution in [1.29, 1.82) is 0 Å². The number of piperazine rings is 1. The first-order valence-corrected chi connectivity index (χ1v) is 11.4. The molecule has 166 valence electrons. The van der Waals surface area contributed by atoms with Crippen LogP contribution in [0.15, 0.2) is 24.3 Å². The molecule has 0 spiro atoms. The predicted molar refractivity (Wildman–Crippen MR) is 118 cm³/mol. The van der Waals surface area contributed by atoms with Crippen LogP contribution in [0, 0.1) is 11.8 Å². The van der Waals surface area contributed by atoms with Crippen LogP contribution in [0.4, 0.5) is 0 Å². The second-order valence-electron chi connectivity index (χ2n) is 8.86. The second kappa shape index (κ2) is 10.8. The molecule has 30 heavy (non-hydrogen) atoms. The summed E-state index contributed by atoms with van der Waals surface area (Å²) < 4.78 is 5.42. The minimum absolute atomic E-state index is 0.0282. The lowest BCUT2D eigenvalue weighted by Gasteiger charge is -2.41. The van der Waals surface area contributed by atoms with Crippen LogP contribution in [0.25, 0.3) is 0 Å². The molecule has 6 heteroatoms. The highest BCUT2D eigenvalue weighted by Gasteiger charge is 2.37. The van der Waals surface area contributed by atoms with Gasteiger partial charge in [0.1, 0.15) is 5.75 Å². The molecule has 0 aromatic heterocycles. The number of para-hydroxylation sites is 1. The zero-order valence-corrected chi connectivity index (χ0v) is 18.7. The lowest BCUT2D eigenvalue weighted by Crippen LogP contribution is -2.58. The first-order valence-electron chi connectivity index (χ1n) is 11.4. The van der Waals surface area contributed by atoms with Gasteiger partial charge in [0.25, 0.3) is 0 Å². The summed E-state index contributed by atoms with van der Waals surface area (Å²) in [5, 5.41) is 3.19. The number of ether oxygens (including phenoxy) is 1. The van der Waals surface area contributed by atoms with E-state index >= 15 is 0 Å². The van der Waals surface area contributed by atoms with Crippen molar-refractivity contribution in [1.82, 2.24) is 15.1 Å². The normalized spacial score (nSPS) is 19.1. The quantitative estimate of drug-likeness (QED) is 0.709. The molecule has 3 rings (SSSR count). The van der Waals surface area contributed by atoms with E-state index in [0.29, 0.717) is 25.6 Å². The molecule has 2 fully saturated rings. The van der Waals surface area contributed by atoms with E-state index in [1.54, 1.807) is 7.11 Å². The van der Waals surface area contributed by atoms with E-state index in [1.165, 1.54) is 12.8 Å². The van der Waals surface area contributed by atoms with E-state index in [-0.39, 0.29) is 23.8 Å². The standard InChI is InChI=1S/C24H37N3O3/c1-18(2)24(29)27-16-14-26(15-17-27)22(20-9-4-5-10-20)23(28)25-13-12-19-8-6-7-11-21(19)30-3/h6-8,11,18,20,22H,4-5,9-10,12-17H2,1-3H3,(H,25,28). The Hall–Kier alpha value is -2.08. The average molecular weight is 416 g/mol. The third-order valence-electron chi connectivity index (χ3n) is 6.51. The molecule has 1 saturated carbocycles. The Morgan fingerprint density at radius 1 is 1.10 bits per heavy atom. The molecule has 1 aromatic rings. The van der Waals surface area contributed by atoms with Crippen molar-refractivity contribution >= 4 is 11.8 Å². The van der Waals surface area contributed by atoms with E-state index in [4.69, 9.17) is 4.74 Å². The fourth-order valence-electron chi connectivity index (χ4n) is 4.87. The van der Waals surface area contributed by atoms with Gasteiger partial charge >= 0.3 is 0 Å². The number of hydrogen-bond acceptors (Lipinski definition) is 4. The molecule has 1 heterocycles. The summed E-state index contributed by atoms with van der Waals surface area (Å²) in [5.41, 5.74) is 1.11. The lowest BCUT2D eigenvalue weighted by atomic mass is 9.94. The first kappa shape index (κ1) is 22.6. The van der Waals surface area contributed by atoms with Gasteiger partial charge < -0.3 is 15.0 Å². The van der Waals surface area contributed by atoms with Gasteiger partial charge in [0, 0.05) is 38.6 Å². The highest BCUT2D eigenvalue weighted by molar-refractivity contribution is 5.82. The largest absolute Gasteiger partial charge is 0.496 e. The van der Waals surface area contributed by atoms with E-state index in [1.807, 2.05) is 43.0 Å². The van der Waals surface area contributed by atoms with Gasteiger partial charge in [-0.15, -0.1) is 0 Å². The zero-order valence-electron chi connectivity index (χ0n) is 18.7. The van der Waals surface area contributed by atoms with Crippen molar-refractivity contribution in [3.05, 3.63) is 29.8 Å². The maximum atomic E-state index is 13.2. The Labute approximate surface area is 180 Å². The van der Waals surface area contributed by atoms with Crippen molar-refractivity contribution in [2.24, 2.45) is 11.8 Å². The van der Waals surface area contributed by atoms with E-state index in [9.17, 15) is 9.59 Å². The van der Waals surface area contributed by atoms with Crippen LogP contribution >= 0.6 is 0 Å². The van der Waals surface area contributed by atoms with Crippen molar-refractivity contribution in [2.75, 3.05) is 39.8 Å². The summed E-state index contributed by atoms with van der Waals surface area (Å²) in [5.74, 6) is 1.67. The minimum Gasteiger partial charge on any atom is -0.496 e. The molecule has 1 atom stereocenters. The third-order valence-corrected chi connectivity index (χ3v) is 6.51. The van der Waals surface area contributed by atoms with Crippen LogP contribution in [-0.4, -0.2) is 67.5 Å². The molecule has 1 N–H and O–H groups in total. The number of carbonyl (C=O) groups is 2. The summed E-state index contributed by atoms with van der Waals surface area (Å²) in [4.78, 5) is 29.8. The smallest absolute Gasteiger partial charge is 0.237 e. The molecule has 0 bridgehead atoms. The zero-order chi connectivity index (χ0) is 21.5. The topological polar surface area (TPSA) is 61.9 Å². The molecule has 1 aliphatic carbocycles. The average Bonchev–Trinajstić information content (AvgIpc) is 3.28. The number of methoxy groups -OCH3 is 1. The number of hydrogen-bond donors (Lipinski definition) is 1. The van der Waals surface area contributed by atoms with Crippen LogP contribution in [0.5, 0.6) is 5.75 Å². The Balaban J connectivity index is 1.58. The number of nitrogens with one attached hydrogen (secondary N) is 1. The van der Waals surface area contributed by atoms with Gasteiger partial charge in [-0.05, 0) is 36.8 Å². The first-order chi connectivity index (χ1) is 14.5. The van der Waals surface area contributed by atoms with Gasteiger partial charge in [0.15, 0.2) is 0 Å². The fourth-order valence-corrected chi connectivity index (χ4v) is 4.87. The Morgan fingerprint density at radius 2 is 1.77 bits per heavy atom. The maximum Gasteiger partial charge on any atom is 0.237 e. The Morgan fingerprint density at radius 3 is 2.40 bits per heavy atom. The highest BCUT2D eigenvalue weighted by atomic mass is 16.5. The molecule has 6 nitrogen and oxygen atoms in total. The van der Waals surface area contributed by atoms with E-state index in [2.05, 4.69) is 10.2 Å². The van der Waals surface area contributed by atoms with Crippen LogP contribution in [0.2, 0.25) is 0 Å². The monoisotopic (exact) mass is 415 g/mol. The molecule has 0 radical (unpaired) electrons. The third kappa shape index (κ3) is 5.54. The van der Waals surface area contributed by atoms with Gasteiger partial charge in [-0.3, -0.25) is 14.5 Å². The molecule has 2 aliphatic rings. The van der Waals surface area contributed by atoms with Crippen molar-refractivity contribution in [2.45, 2.75) is 52.0 Å². The molecule has 1 aliphatic heterocycles. The van der Waals surface area contributed by atoms with Gasteiger partial charge in [-0.2, -0.15) is 0 Å². The highest BCUT2D eigenvalue weighted by Crippen LogP contribution is 2.31.